The average Bonchev–Trinajstić information content (AvgIpc) is 2.98. The highest BCUT2D eigenvalue weighted by Crippen LogP contribution is 2.49. The van der Waals surface area contributed by atoms with Gasteiger partial charge in [0, 0.05) is 15.6 Å². The molecule has 0 spiro atoms. The van der Waals surface area contributed by atoms with Crippen LogP contribution in [0.15, 0.2) is 46.9 Å². The Labute approximate surface area is 164 Å². The minimum Gasteiger partial charge on any atom is -0.265 e. The van der Waals surface area contributed by atoms with Gasteiger partial charge in [0.15, 0.2) is 0 Å². The molecule has 132 valence electrons. The number of hydrogen-bond donors (Lipinski definition) is 1. The molecule has 1 N–H and O–H groups in total. The van der Waals surface area contributed by atoms with Crippen molar-refractivity contribution in [2.75, 3.05) is 0 Å². The van der Waals surface area contributed by atoms with Crippen molar-refractivity contribution < 1.29 is 18.0 Å². The summed E-state index contributed by atoms with van der Waals surface area (Å²) in [5, 5.41) is -0.215. The fourth-order valence-electron chi connectivity index (χ4n) is 2.41. The largest absolute Gasteiger partial charge is 0.428 e. The summed E-state index contributed by atoms with van der Waals surface area (Å²) in [6, 6.07) is 8.95. The molecule has 0 amide bonds. The number of rotatable bonds is 2. The molecule has 9 heteroatoms. The van der Waals surface area contributed by atoms with Crippen molar-refractivity contribution in [3.8, 4) is 0 Å². The Morgan fingerprint density at radius 1 is 1.04 bits per heavy atom. The zero-order valence-electron chi connectivity index (χ0n) is 12.1. The second-order valence-corrected chi connectivity index (χ2v) is 7.37. The number of nitrogens with one attached hydrogen (secondary N) is 1. The Morgan fingerprint density at radius 2 is 1.68 bits per heavy atom. The van der Waals surface area contributed by atoms with Gasteiger partial charge in [-0.25, -0.2) is 0 Å². The number of alkyl halides is 3. The summed E-state index contributed by atoms with van der Waals surface area (Å²) in [5.74, 6) is 0. The second kappa shape index (κ2) is 6.67. The lowest BCUT2D eigenvalue weighted by Gasteiger charge is -2.29. The van der Waals surface area contributed by atoms with Gasteiger partial charge in [-0.15, -0.1) is 0 Å². The number of halogens is 7. The maximum absolute atomic E-state index is 13.9. The van der Waals surface area contributed by atoms with Crippen LogP contribution in [0, 0.1) is 0 Å². The first-order valence-corrected chi connectivity index (χ1v) is 8.71. The Morgan fingerprint density at radius 3 is 2.24 bits per heavy atom. The molecule has 0 bridgehead atoms. The van der Waals surface area contributed by atoms with Crippen LogP contribution in [0.1, 0.15) is 11.1 Å². The molecule has 0 aliphatic carbocycles. The molecule has 3 rings (SSSR count). The zero-order chi connectivity index (χ0) is 18.4. The standard InChI is InChI=1S/C16H8BrCl3F3NO/c17-10-3-1-2-8(4-10)13-7-15(25-24-13,16(21,22)23)9-5-11(18)14(20)12(19)6-9/h1-7,24H. The molecule has 0 aromatic heterocycles. The fourth-order valence-corrected chi connectivity index (χ4v) is 3.41. The van der Waals surface area contributed by atoms with E-state index in [1.54, 1.807) is 24.3 Å². The van der Waals surface area contributed by atoms with Crippen molar-refractivity contribution in [3.05, 3.63) is 73.1 Å². The van der Waals surface area contributed by atoms with Crippen molar-refractivity contribution >= 4 is 56.4 Å². The quantitative estimate of drug-likeness (QED) is 0.488. The molecule has 2 aromatic rings. The van der Waals surface area contributed by atoms with Gasteiger partial charge in [-0.05, 0) is 30.3 Å². The molecular formula is C16H8BrCl3F3NO. The predicted molar refractivity (Wildman–Crippen MR) is 95.5 cm³/mol. The SMILES string of the molecule is FC(F)(F)C1(c2cc(Cl)c(Cl)c(Cl)c2)C=C(c2cccc(Br)c2)NO1. The smallest absolute Gasteiger partial charge is 0.265 e. The first-order chi connectivity index (χ1) is 11.6. The highest BCUT2D eigenvalue weighted by molar-refractivity contribution is 9.10. The van der Waals surface area contributed by atoms with Crippen molar-refractivity contribution in [1.29, 1.82) is 0 Å². The maximum atomic E-state index is 13.9. The van der Waals surface area contributed by atoms with Crippen LogP contribution in [-0.4, -0.2) is 6.18 Å². The van der Waals surface area contributed by atoms with Crippen molar-refractivity contribution in [2.45, 2.75) is 11.8 Å². The van der Waals surface area contributed by atoms with Crippen LogP contribution in [0.25, 0.3) is 5.70 Å². The van der Waals surface area contributed by atoms with Crippen LogP contribution in [0.2, 0.25) is 15.1 Å². The van der Waals surface area contributed by atoms with Gasteiger partial charge in [-0.3, -0.25) is 10.3 Å². The van der Waals surface area contributed by atoms with E-state index in [4.69, 9.17) is 39.6 Å². The van der Waals surface area contributed by atoms with Gasteiger partial charge in [-0.2, -0.15) is 13.2 Å². The topological polar surface area (TPSA) is 21.3 Å². The minimum atomic E-state index is -4.77. The van der Waals surface area contributed by atoms with Gasteiger partial charge in [-0.1, -0.05) is 62.9 Å². The Bertz CT molecular complexity index is 849. The summed E-state index contributed by atoms with van der Waals surface area (Å²) in [5.41, 5.74) is 0.0101. The molecule has 0 saturated carbocycles. The highest BCUT2D eigenvalue weighted by atomic mass is 79.9. The third kappa shape index (κ3) is 3.38. The summed E-state index contributed by atoms with van der Waals surface area (Å²) in [4.78, 5) is 5.00. The monoisotopic (exact) mass is 471 g/mol. The van der Waals surface area contributed by atoms with Gasteiger partial charge in [0.25, 0.3) is 0 Å². The van der Waals surface area contributed by atoms with E-state index in [-0.39, 0.29) is 26.3 Å². The minimum absolute atomic E-state index is 0.0217. The Hall–Kier alpha value is -0.920. The Kier molecular flexibility index (Phi) is 5.03. The summed E-state index contributed by atoms with van der Waals surface area (Å²) >= 11 is 20.9. The first kappa shape index (κ1) is 18.9. The van der Waals surface area contributed by atoms with Crippen molar-refractivity contribution in [1.82, 2.24) is 5.48 Å². The highest BCUT2D eigenvalue weighted by Gasteiger charge is 2.59. The van der Waals surface area contributed by atoms with E-state index in [0.717, 1.165) is 22.7 Å². The third-order valence-electron chi connectivity index (χ3n) is 3.64. The summed E-state index contributed by atoms with van der Waals surface area (Å²) < 4.78 is 42.4. The lowest BCUT2D eigenvalue weighted by molar-refractivity contribution is -0.269. The van der Waals surface area contributed by atoms with Gasteiger partial charge in [0.1, 0.15) is 0 Å². The molecule has 1 unspecified atom stereocenters. The van der Waals surface area contributed by atoms with Gasteiger partial charge >= 0.3 is 6.18 Å². The van der Waals surface area contributed by atoms with Crippen LogP contribution in [0.3, 0.4) is 0 Å². The van der Waals surface area contributed by atoms with Crippen LogP contribution >= 0.6 is 50.7 Å². The van der Waals surface area contributed by atoms with E-state index in [9.17, 15) is 13.2 Å². The average molecular weight is 474 g/mol. The fraction of sp³-hybridized carbons (Fsp3) is 0.125. The van der Waals surface area contributed by atoms with Crippen LogP contribution in [0.4, 0.5) is 13.2 Å². The summed E-state index contributed by atoms with van der Waals surface area (Å²) in [6.45, 7) is 0. The summed E-state index contributed by atoms with van der Waals surface area (Å²) in [6.07, 6.45) is -3.82. The van der Waals surface area contributed by atoms with Gasteiger partial charge in [0.05, 0.1) is 20.8 Å². The molecule has 0 radical (unpaired) electrons. The lowest BCUT2D eigenvalue weighted by Crippen LogP contribution is -2.42. The molecule has 1 aliphatic heterocycles. The molecule has 2 nitrogen and oxygen atoms in total. The molecule has 1 heterocycles. The molecule has 1 aliphatic rings. The zero-order valence-corrected chi connectivity index (χ0v) is 15.9. The van der Waals surface area contributed by atoms with Crippen LogP contribution < -0.4 is 5.48 Å². The van der Waals surface area contributed by atoms with E-state index in [2.05, 4.69) is 21.4 Å². The maximum Gasteiger partial charge on any atom is 0.428 e. The van der Waals surface area contributed by atoms with Crippen molar-refractivity contribution in [3.63, 3.8) is 0 Å². The normalized spacial score (nSPS) is 20.4. The van der Waals surface area contributed by atoms with Crippen LogP contribution in [0.5, 0.6) is 0 Å². The molecular weight excluding hydrogens is 465 g/mol. The predicted octanol–water partition coefficient (Wildman–Crippen LogP) is 6.74. The van der Waals surface area contributed by atoms with Gasteiger partial charge in [0.2, 0.25) is 5.60 Å². The molecule has 0 saturated heterocycles. The molecule has 0 fully saturated rings. The van der Waals surface area contributed by atoms with E-state index in [0.29, 0.717) is 5.56 Å². The lowest BCUT2D eigenvalue weighted by atomic mass is 9.91. The summed E-state index contributed by atoms with van der Waals surface area (Å²) in [7, 11) is 0. The van der Waals surface area contributed by atoms with E-state index < -0.39 is 11.8 Å². The van der Waals surface area contributed by atoms with E-state index >= 15 is 0 Å². The Balaban J connectivity index is 2.17. The third-order valence-corrected chi connectivity index (χ3v) is 5.33. The van der Waals surface area contributed by atoms with E-state index in [1.807, 2.05) is 0 Å². The number of hydroxylamine groups is 1. The second-order valence-electron chi connectivity index (χ2n) is 5.26. The molecule has 25 heavy (non-hydrogen) atoms. The van der Waals surface area contributed by atoms with Crippen LogP contribution in [-0.2, 0) is 10.4 Å². The molecule has 2 aromatic carbocycles. The number of hydrogen-bond acceptors (Lipinski definition) is 2. The molecule has 1 atom stereocenters. The number of benzene rings is 2. The van der Waals surface area contributed by atoms with Gasteiger partial charge < -0.3 is 0 Å². The van der Waals surface area contributed by atoms with E-state index in [1.165, 1.54) is 0 Å². The van der Waals surface area contributed by atoms with Crippen molar-refractivity contribution in [2.24, 2.45) is 0 Å². The first-order valence-electron chi connectivity index (χ1n) is 6.78.